The summed E-state index contributed by atoms with van der Waals surface area (Å²) in [6.07, 6.45) is 0. The average molecular weight is 291 g/mol. The number of rotatable bonds is 3. The summed E-state index contributed by atoms with van der Waals surface area (Å²) in [6, 6.07) is 12.4. The lowest BCUT2D eigenvalue weighted by Gasteiger charge is -2.24. The molecule has 0 spiro atoms. The lowest BCUT2D eigenvalue weighted by Crippen LogP contribution is -2.24. The van der Waals surface area contributed by atoms with Crippen LogP contribution in [0.1, 0.15) is 23.1 Å². The Morgan fingerprint density at radius 3 is 2.70 bits per heavy atom. The average Bonchev–Trinajstić information content (AvgIpc) is 2.88. The van der Waals surface area contributed by atoms with E-state index in [1.165, 1.54) is 22.6 Å². The Bertz CT molecular complexity index is 630. The molecule has 0 fully saturated rings. The first-order valence-electron chi connectivity index (χ1n) is 6.54. The molecule has 1 aliphatic heterocycles. The quantitative estimate of drug-likeness (QED) is 0.913. The van der Waals surface area contributed by atoms with Crippen molar-refractivity contribution in [1.82, 2.24) is 5.32 Å². The summed E-state index contributed by atoms with van der Waals surface area (Å²) >= 11 is 1.81. The molecule has 2 aromatic carbocycles. The van der Waals surface area contributed by atoms with Gasteiger partial charge in [0.1, 0.15) is 0 Å². The fourth-order valence-corrected chi connectivity index (χ4v) is 4.06. The molecule has 0 saturated heterocycles. The number of benzene rings is 2. The monoisotopic (exact) mass is 291 g/mol. The maximum Gasteiger partial charge on any atom is 0.159 e. The van der Waals surface area contributed by atoms with Gasteiger partial charge in [-0.15, -0.1) is 11.8 Å². The van der Waals surface area contributed by atoms with Gasteiger partial charge in [0.05, 0.1) is 0 Å². The van der Waals surface area contributed by atoms with E-state index in [2.05, 4.69) is 17.4 Å². The van der Waals surface area contributed by atoms with Crippen LogP contribution in [-0.4, -0.2) is 12.8 Å². The summed E-state index contributed by atoms with van der Waals surface area (Å²) in [5.74, 6) is -0.373. The molecule has 2 unspecified atom stereocenters. The van der Waals surface area contributed by atoms with Crippen LogP contribution in [0.5, 0.6) is 0 Å². The van der Waals surface area contributed by atoms with E-state index < -0.39 is 11.6 Å². The fourth-order valence-electron chi connectivity index (χ4n) is 2.77. The molecule has 1 nitrogen and oxygen atoms in total. The zero-order chi connectivity index (χ0) is 14.1. The van der Waals surface area contributed by atoms with Gasteiger partial charge < -0.3 is 5.32 Å². The molecule has 0 saturated carbocycles. The summed E-state index contributed by atoms with van der Waals surface area (Å²) in [5.41, 5.74) is 2.07. The van der Waals surface area contributed by atoms with E-state index in [0.717, 1.165) is 11.3 Å². The maximum atomic E-state index is 13.5. The molecule has 3 rings (SSSR count). The largest absolute Gasteiger partial charge is 0.312 e. The summed E-state index contributed by atoms with van der Waals surface area (Å²) in [6.45, 7) is 0. The van der Waals surface area contributed by atoms with Crippen LogP contribution in [-0.2, 0) is 0 Å². The highest BCUT2D eigenvalue weighted by Gasteiger charge is 2.30. The third kappa shape index (κ3) is 2.34. The fraction of sp³-hybridized carbons (Fsp3) is 0.250. The lowest BCUT2D eigenvalue weighted by atomic mass is 9.88. The lowest BCUT2D eigenvalue weighted by molar-refractivity contribution is 0.487. The van der Waals surface area contributed by atoms with Gasteiger partial charge in [-0.25, -0.2) is 8.78 Å². The van der Waals surface area contributed by atoms with Gasteiger partial charge in [-0.3, -0.25) is 0 Å². The summed E-state index contributed by atoms with van der Waals surface area (Å²) in [7, 11) is 1.86. The van der Waals surface area contributed by atoms with E-state index in [1.54, 1.807) is 6.07 Å². The van der Waals surface area contributed by atoms with E-state index in [9.17, 15) is 8.78 Å². The Morgan fingerprint density at radius 1 is 1.15 bits per heavy atom. The third-order valence-corrected chi connectivity index (χ3v) is 4.96. The predicted molar refractivity (Wildman–Crippen MR) is 78.1 cm³/mol. The molecule has 104 valence electrons. The van der Waals surface area contributed by atoms with Crippen molar-refractivity contribution in [3.63, 3.8) is 0 Å². The number of thioether (sulfide) groups is 1. The second kappa shape index (κ2) is 5.54. The molecule has 0 bridgehead atoms. The van der Waals surface area contributed by atoms with Crippen molar-refractivity contribution < 1.29 is 8.78 Å². The highest BCUT2D eigenvalue weighted by atomic mass is 32.2. The smallest absolute Gasteiger partial charge is 0.159 e. The number of nitrogens with one attached hydrogen (secondary N) is 1. The van der Waals surface area contributed by atoms with Crippen LogP contribution < -0.4 is 5.32 Å². The topological polar surface area (TPSA) is 12.0 Å². The van der Waals surface area contributed by atoms with Crippen molar-refractivity contribution in [1.29, 1.82) is 0 Å². The van der Waals surface area contributed by atoms with Crippen LogP contribution in [0.15, 0.2) is 47.4 Å². The van der Waals surface area contributed by atoms with Crippen molar-refractivity contribution in [3.05, 3.63) is 65.2 Å². The van der Waals surface area contributed by atoms with Crippen LogP contribution >= 0.6 is 11.8 Å². The predicted octanol–water partition coefficient (Wildman–Crippen LogP) is 4.11. The van der Waals surface area contributed by atoms with E-state index in [4.69, 9.17) is 0 Å². The first kappa shape index (κ1) is 13.6. The van der Waals surface area contributed by atoms with Gasteiger partial charge in [-0.1, -0.05) is 24.3 Å². The van der Waals surface area contributed by atoms with Gasteiger partial charge >= 0.3 is 0 Å². The number of hydrogen-bond acceptors (Lipinski definition) is 2. The molecular weight excluding hydrogens is 276 g/mol. The van der Waals surface area contributed by atoms with Gasteiger partial charge in [-0.2, -0.15) is 0 Å². The number of halogens is 2. The van der Waals surface area contributed by atoms with Crippen LogP contribution in [0.3, 0.4) is 0 Å². The Hall–Kier alpha value is -1.39. The minimum absolute atomic E-state index is 0.0127. The zero-order valence-electron chi connectivity index (χ0n) is 11.1. The molecule has 0 radical (unpaired) electrons. The van der Waals surface area contributed by atoms with Gasteiger partial charge in [-0.05, 0) is 36.4 Å². The van der Waals surface area contributed by atoms with E-state index >= 15 is 0 Å². The van der Waals surface area contributed by atoms with Gasteiger partial charge in [0.25, 0.3) is 0 Å². The second-order valence-corrected chi connectivity index (χ2v) is 5.96. The van der Waals surface area contributed by atoms with Crippen LogP contribution in [0.4, 0.5) is 8.78 Å². The molecule has 0 aliphatic carbocycles. The summed E-state index contributed by atoms with van der Waals surface area (Å²) in [4.78, 5) is 1.28. The standard InChI is InChI=1S/C16H15F2NS/c1-19-16(10-6-7-13(17)14(18)8-10)12-9-20-15-5-3-2-4-11(12)15/h2-8,12,16,19H,9H2,1H3. The minimum atomic E-state index is -0.801. The molecule has 1 aliphatic rings. The molecule has 4 heteroatoms. The Labute approximate surface area is 121 Å². The molecule has 1 heterocycles. The van der Waals surface area contributed by atoms with Crippen LogP contribution in [0, 0.1) is 11.6 Å². The van der Waals surface area contributed by atoms with Crippen molar-refractivity contribution in [2.24, 2.45) is 0 Å². The summed E-state index contributed by atoms with van der Waals surface area (Å²) < 4.78 is 26.5. The van der Waals surface area contributed by atoms with Crippen molar-refractivity contribution >= 4 is 11.8 Å². The van der Waals surface area contributed by atoms with Gasteiger partial charge in [0, 0.05) is 22.6 Å². The molecule has 0 aromatic heterocycles. The van der Waals surface area contributed by atoms with Crippen molar-refractivity contribution in [2.75, 3.05) is 12.8 Å². The number of fused-ring (bicyclic) bond motifs is 1. The second-order valence-electron chi connectivity index (χ2n) is 4.90. The Balaban J connectivity index is 1.97. The normalized spacial score (nSPS) is 18.9. The van der Waals surface area contributed by atoms with Gasteiger partial charge in [0.2, 0.25) is 0 Å². The molecule has 20 heavy (non-hydrogen) atoms. The van der Waals surface area contributed by atoms with E-state index in [1.807, 2.05) is 30.9 Å². The zero-order valence-corrected chi connectivity index (χ0v) is 11.9. The van der Waals surface area contributed by atoms with Crippen molar-refractivity contribution in [2.45, 2.75) is 16.9 Å². The SMILES string of the molecule is CNC(c1ccc(F)c(F)c1)C1CSc2ccccc21. The Kier molecular flexibility index (Phi) is 3.76. The highest BCUT2D eigenvalue weighted by molar-refractivity contribution is 7.99. The number of likely N-dealkylation sites (N-methyl/N-ethyl adjacent to an activating group) is 1. The molecule has 2 atom stereocenters. The van der Waals surface area contributed by atoms with E-state index in [-0.39, 0.29) is 12.0 Å². The highest BCUT2D eigenvalue weighted by Crippen LogP contribution is 2.45. The third-order valence-electron chi connectivity index (χ3n) is 3.75. The van der Waals surface area contributed by atoms with Crippen LogP contribution in [0.2, 0.25) is 0 Å². The summed E-state index contributed by atoms with van der Waals surface area (Å²) in [5, 5.41) is 3.25. The molecule has 2 aromatic rings. The minimum Gasteiger partial charge on any atom is -0.312 e. The Morgan fingerprint density at radius 2 is 1.95 bits per heavy atom. The number of hydrogen-bond donors (Lipinski definition) is 1. The van der Waals surface area contributed by atoms with Crippen molar-refractivity contribution in [3.8, 4) is 0 Å². The maximum absolute atomic E-state index is 13.5. The first-order valence-corrected chi connectivity index (χ1v) is 7.53. The molecular formula is C16H15F2NS. The molecule has 0 amide bonds. The van der Waals surface area contributed by atoms with Gasteiger partial charge in [0.15, 0.2) is 11.6 Å². The first-order chi connectivity index (χ1) is 9.70. The molecule has 1 N–H and O–H groups in total. The van der Waals surface area contributed by atoms with E-state index in [0.29, 0.717) is 0 Å². The van der Waals surface area contributed by atoms with Crippen LogP contribution in [0.25, 0.3) is 0 Å².